The highest BCUT2D eigenvalue weighted by molar-refractivity contribution is 5.65. The number of fused-ring (bicyclic) bond motifs is 1. The fourth-order valence-electron chi connectivity index (χ4n) is 7.61. The molecule has 1 unspecified atom stereocenters. The van der Waals surface area contributed by atoms with Crippen LogP contribution in [0.2, 0.25) is 0 Å². The molecule has 5 aromatic rings. The molecule has 2 aliphatic rings. The number of benzene rings is 2. The summed E-state index contributed by atoms with van der Waals surface area (Å²) in [5.74, 6) is 3.15. The Hall–Kier alpha value is -4.98. The molecule has 2 aliphatic heterocycles. The average Bonchev–Trinajstić information content (AvgIpc) is 3.65. The van der Waals surface area contributed by atoms with Gasteiger partial charge in [-0.15, -0.1) is 5.10 Å². The van der Waals surface area contributed by atoms with E-state index in [1.807, 2.05) is 54.6 Å². The van der Waals surface area contributed by atoms with Gasteiger partial charge >= 0.3 is 6.01 Å². The summed E-state index contributed by atoms with van der Waals surface area (Å²) in [7, 11) is 5.54. The number of likely N-dealkylation sites (N-methyl/N-ethyl adjacent to an activating group) is 1. The van der Waals surface area contributed by atoms with Crippen molar-refractivity contribution in [3.8, 4) is 17.5 Å². The molecule has 2 fully saturated rings. The number of piperazine rings is 1. The van der Waals surface area contributed by atoms with E-state index in [0.29, 0.717) is 48.5 Å². The van der Waals surface area contributed by atoms with Crippen LogP contribution in [0.4, 0.5) is 11.6 Å². The van der Waals surface area contributed by atoms with Gasteiger partial charge in [0.1, 0.15) is 23.4 Å². The van der Waals surface area contributed by atoms with E-state index in [9.17, 15) is 5.11 Å². The molecule has 13 nitrogen and oxygen atoms in total. The van der Waals surface area contributed by atoms with Gasteiger partial charge in [0.05, 0.1) is 32.7 Å². The second-order valence-corrected chi connectivity index (χ2v) is 14.8. The van der Waals surface area contributed by atoms with Crippen molar-refractivity contribution in [2.24, 2.45) is 0 Å². The first-order valence-electron chi connectivity index (χ1n) is 19.5. The molecular weight excluding hydrogens is 695 g/mol. The third kappa shape index (κ3) is 8.95. The Bertz CT molecular complexity index is 1940. The summed E-state index contributed by atoms with van der Waals surface area (Å²) in [6.07, 6.45) is 6.55. The zero-order valence-electron chi connectivity index (χ0n) is 32.9. The summed E-state index contributed by atoms with van der Waals surface area (Å²) in [5.41, 5.74) is 4.87. The molecule has 2 aromatic carbocycles. The number of imidazole rings is 1. The Morgan fingerprint density at radius 1 is 0.855 bits per heavy atom. The second-order valence-electron chi connectivity index (χ2n) is 14.8. The van der Waals surface area contributed by atoms with E-state index < -0.39 is 6.10 Å². The van der Waals surface area contributed by atoms with Gasteiger partial charge in [0, 0.05) is 70.2 Å². The number of aromatic nitrogens is 5. The Kier molecular flexibility index (Phi) is 12.3. The number of pyridine rings is 1. The number of rotatable bonds is 15. The van der Waals surface area contributed by atoms with Gasteiger partial charge in [-0.3, -0.25) is 4.90 Å². The predicted octanol–water partition coefficient (Wildman–Crippen LogP) is 5.53. The number of hydrogen-bond acceptors (Lipinski definition) is 12. The molecule has 13 heteroatoms. The topological polar surface area (TPSA) is 117 Å². The molecular formula is C42H55N9O4. The second kappa shape index (κ2) is 17.7. The van der Waals surface area contributed by atoms with Gasteiger partial charge in [-0.2, -0.15) is 4.98 Å². The zero-order chi connectivity index (χ0) is 38.3. The van der Waals surface area contributed by atoms with Gasteiger partial charge in [0.15, 0.2) is 11.5 Å². The Morgan fingerprint density at radius 3 is 2.07 bits per heavy atom. The summed E-state index contributed by atoms with van der Waals surface area (Å²) in [6, 6.07) is 18.9. The normalized spacial score (nSPS) is 16.4. The first kappa shape index (κ1) is 38.3. The molecule has 292 valence electrons. The van der Waals surface area contributed by atoms with Crippen LogP contribution in [0.5, 0.6) is 17.5 Å². The number of ether oxygens (including phenoxy) is 3. The molecule has 0 saturated carbocycles. The Balaban J connectivity index is 1.17. The summed E-state index contributed by atoms with van der Waals surface area (Å²) >= 11 is 0. The Morgan fingerprint density at radius 2 is 1.49 bits per heavy atom. The third-order valence-electron chi connectivity index (χ3n) is 10.9. The maximum atomic E-state index is 11.9. The van der Waals surface area contributed by atoms with Crippen molar-refractivity contribution in [2.45, 2.75) is 64.8 Å². The van der Waals surface area contributed by atoms with Crippen LogP contribution >= 0.6 is 0 Å². The lowest BCUT2D eigenvalue weighted by atomic mass is 10.0. The highest BCUT2D eigenvalue weighted by Gasteiger charge is 2.29. The molecule has 5 heterocycles. The fourth-order valence-corrected chi connectivity index (χ4v) is 7.61. The van der Waals surface area contributed by atoms with Crippen LogP contribution in [-0.2, 0) is 13.1 Å². The predicted molar refractivity (Wildman–Crippen MR) is 214 cm³/mol. The van der Waals surface area contributed by atoms with E-state index in [2.05, 4.69) is 40.5 Å². The van der Waals surface area contributed by atoms with Gasteiger partial charge in [0.25, 0.3) is 0 Å². The quantitative estimate of drug-likeness (QED) is 0.136. The maximum Gasteiger partial charge on any atom is 0.336 e. The molecule has 1 atom stereocenters. The SMILES string of the molecule is CCCCOc1nc(N(Cc2ccc(OC)cc2)Cc2ccc(OC)cc2)c2ncc(C(O)c3cnc(N4CCC(N5CCN(C)CC5)CC4)c(C)c3)n2n1. The smallest absolute Gasteiger partial charge is 0.336 e. The number of piperidine rings is 1. The van der Waals surface area contributed by atoms with Crippen molar-refractivity contribution in [3.05, 3.63) is 94.9 Å². The number of aliphatic hydroxyl groups is 1. The Labute approximate surface area is 324 Å². The lowest BCUT2D eigenvalue weighted by molar-refractivity contribution is 0.0981. The van der Waals surface area contributed by atoms with Gasteiger partial charge in [-0.25, -0.2) is 14.5 Å². The molecule has 3 aromatic heterocycles. The minimum Gasteiger partial charge on any atom is -0.497 e. The maximum absolute atomic E-state index is 11.9. The number of anilines is 2. The minimum absolute atomic E-state index is 0.224. The third-order valence-corrected chi connectivity index (χ3v) is 10.9. The minimum atomic E-state index is -1.03. The molecule has 2 saturated heterocycles. The van der Waals surface area contributed by atoms with Gasteiger partial charge < -0.3 is 34.0 Å². The molecule has 7 rings (SSSR count). The van der Waals surface area contributed by atoms with E-state index in [1.54, 1.807) is 31.1 Å². The van der Waals surface area contributed by atoms with Crippen molar-refractivity contribution >= 4 is 17.3 Å². The summed E-state index contributed by atoms with van der Waals surface area (Å²) in [4.78, 5) is 24.3. The van der Waals surface area contributed by atoms with Crippen LogP contribution in [0.15, 0.2) is 67.0 Å². The number of hydrogen-bond donors (Lipinski definition) is 1. The average molecular weight is 750 g/mol. The van der Waals surface area contributed by atoms with Crippen molar-refractivity contribution in [1.29, 1.82) is 0 Å². The number of methoxy groups -OCH3 is 2. The highest BCUT2D eigenvalue weighted by Crippen LogP contribution is 2.32. The number of unbranched alkanes of at least 4 members (excludes halogenated alkanes) is 1. The molecule has 0 spiro atoms. The van der Waals surface area contributed by atoms with Crippen LogP contribution in [0.25, 0.3) is 5.65 Å². The summed E-state index contributed by atoms with van der Waals surface area (Å²) in [5, 5.41) is 16.7. The van der Waals surface area contributed by atoms with Crippen LogP contribution in [0, 0.1) is 6.92 Å². The van der Waals surface area contributed by atoms with Crippen molar-refractivity contribution < 1.29 is 19.3 Å². The first-order chi connectivity index (χ1) is 26.8. The zero-order valence-corrected chi connectivity index (χ0v) is 32.9. The molecule has 0 aliphatic carbocycles. The van der Waals surface area contributed by atoms with Crippen molar-refractivity contribution in [1.82, 2.24) is 34.4 Å². The van der Waals surface area contributed by atoms with Gasteiger partial charge in [0.2, 0.25) is 0 Å². The van der Waals surface area contributed by atoms with Gasteiger partial charge in [-0.05, 0) is 80.3 Å². The number of aryl methyl sites for hydroxylation is 1. The van der Waals surface area contributed by atoms with Crippen molar-refractivity contribution in [2.75, 3.05) is 76.9 Å². The number of aliphatic hydroxyl groups excluding tert-OH is 1. The van der Waals surface area contributed by atoms with E-state index in [0.717, 1.165) is 99.0 Å². The standard InChI is InChI=1S/C42H55N9O4/c1-6-7-24-55-42-45-41(50(28-31-8-12-35(53-4)13-9-31)29-32-10-14-36(54-5)15-11-32)40-44-27-37(51(40)46-42)38(52)33-25-30(2)39(43-26-33)49-18-16-34(17-19-49)48-22-20-47(3)21-23-48/h8-15,25-27,34,38,52H,6-7,16-24,28-29H2,1-5H3. The molecule has 0 radical (unpaired) electrons. The van der Waals surface area contributed by atoms with Crippen LogP contribution in [0.3, 0.4) is 0 Å². The lowest BCUT2D eigenvalue weighted by Gasteiger charge is -2.42. The lowest BCUT2D eigenvalue weighted by Crippen LogP contribution is -2.52. The van der Waals surface area contributed by atoms with Crippen LogP contribution in [0.1, 0.15) is 66.7 Å². The highest BCUT2D eigenvalue weighted by atomic mass is 16.5. The molecule has 0 bridgehead atoms. The van der Waals surface area contributed by atoms with Crippen LogP contribution in [-0.4, -0.2) is 113 Å². The number of nitrogens with zero attached hydrogens (tertiary/aromatic N) is 9. The first-order valence-corrected chi connectivity index (χ1v) is 19.5. The largest absolute Gasteiger partial charge is 0.497 e. The van der Waals surface area contributed by atoms with Crippen LogP contribution < -0.4 is 24.0 Å². The van der Waals surface area contributed by atoms with Crippen molar-refractivity contribution in [3.63, 3.8) is 0 Å². The van der Waals surface area contributed by atoms with Gasteiger partial charge in [-0.1, -0.05) is 37.6 Å². The molecule has 55 heavy (non-hydrogen) atoms. The summed E-state index contributed by atoms with van der Waals surface area (Å²) < 4.78 is 18.7. The molecule has 1 N–H and O–H groups in total. The van der Waals surface area contributed by atoms with E-state index >= 15 is 0 Å². The fraction of sp³-hybridized carbons (Fsp3) is 0.476. The van der Waals surface area contributed by atoms with E-state index in [4.69, 9.17) is 34.3 Å². The summed E-state index contributed by atoms with van der Waals surface area (Å²) in [6.45, 7) is 12.3. The van der Waals surface area contributed by atoms with E-state index in [-0.39, 0.29) is 6.01 Å². The van der Waals surface area contributed by atoms with E-state index in [1.165, 1.54) is 0 Å². The monoisotopic (exact) mass is 749 g/mol. The molecule has 0 amide bonds.